The van der Waals surface area contributed by atoms with Crippen molar-refractivity contribution in [3.05, 3.63) is 0 Å². The van der Waals surface area contributed by atoms with Gasteiger partial charge in [0, 0.05) is 19.7 Å². The molecular formula is C14H24N2O2. The molecule has 0 saturated carbocycles. The van der Waals surface area contributed by atoms with E-state index in [1.54, 1.807) is 0 Å². The summed E-state index contributed by atoms with van der Waals surface area (Å²) in [7, 11) is 0. The third kappa shape index (κ3) is 3.99. The molecule has 0 radical (unpaired) electrons. The van der Waals surface area contributed by atoms with Crippen molar-refractivity contribution in [1.82, 2.24) is 4.90 Å². The van der Waals surface area contributed by atoms with Crippen LogP contribution in [0.15, 0.2) is 0 Å². The second kappa shape index (κ2) is 7.38. The first-order valence-corrected chi connectivity index (χ1v) is 6.87. The van der Waals surface area contributed by atoms with Crippen molar-refractivity contribution in [3.8, 4) is 6.07 Å². The topological polar surface area (TPSA) is 53.3 Å². The normalized spacial score (nSPS) is 23.1. The molecular weight excluding hydrogens is 228 g/mol. The number of amides is 1. The molecule has 0 aromatic carbocycles. The Morgan fingerprint density at radius 1 is 1.56 bits per heavy atom. The molecule has 18 heavy (non-hydrogen) atoms. The standard InChI is InChI=1S/C14H24N2O2/c1-4-13-12(6-9-18-13)14(17)16(8-5-7-15)10-11(2)3/h11-13H,4-6,8-10H2,1-3H3. The average Bonchev–Trinajstić information content (AvgIpc) is 2.81. The molecule has 1 rings (SSSR count). The van der Waals surface area contributed by atoms with Crippen molar-refractivity contribution in [1.29, 1.82) is 5.26 Å². The molecule has 1 amide bonds. The number of hydrogen-bond donors (Lipinski definition) is 0. The second-order valence-corrected chi connectivity index (χ2v) is 5.30. The summed E-state index contributed by atoms with van der Waals surface area (Å²) in [5.74, 6) is 0.589. The van der Waals surface area contributed by atoms with Crippen LogP contribution >= 0.6 is 0 Å². The summed E-state index contributed by atoms with van der Waals surface area (Å²) < 4.78 is 5.58. The van der Waals surface area contributed by atoms with Gasteiger partial charge >= 0.3 is 0 Å². The highest BCUT2D eigenvalue weighted by Crippen LogP contribution is 2.25. The predicted octanol–water partition coefficient (Wildman–Crippen LogP) is 2.20. The highest BCUT2D eigenvalue weighted by atomic mass is 16.5. The van der Waals surface area contributed by atoms with E-state index in [0.29, 0.717) is 25.5 Å². The molecule has 1 aliphatic heterocycles. The smallest absolute Gasteiger partial charge is 0.228 e. The van der Waals surface area contributed by atoms with E-state index in [1.807, 2.05) is 4.90 Å². The average molecular weight is 252 g/mol. The molecule has 1 fully saturated rings. The molecule has 2 atom stereocenters. The fraction of sp³-hybridized carbons (Fsp3) is 0.857. The number of carbonyl (C=O) groups excluding carboxylic acids is 1. The zero-order valence-electron chi connectivity index (χ0n) is 11.7. The first-order chi connectivity index (χ1) is 8.60. The Labute approximate surface area is 110 Å². The maximum atomic E-state index is 12.5. The predicted molar refractivity (Wildman–Crippen MR) is 69.8 cm³/mol. The molecule has 0 aliphatic carbocycles. The van der Waals surface area contributed by atoms with E-state index in [0.717, 1.165) is 19.4 Å². The lowest BCUT2D eigenvalue weighted by Crippen LogP contribution is -2.41. The van der Waals surface area contributed by atoms with Crippen LogP contribution in [0, 0.1) is 23.2 Å². The third-order valence-corrected chi connectivity index (χ3v) is 3.32. The minimum absolute atomic E-state index is 0.00700. The van der Waals surface area contributed by atoms with E-state index in [9.17, 15) is 4.79 Å². The summed E-state index contributed by atoms with van der Waals surface area (Å²) in [5, 5.41) is 8.68. The van der Waals surface area contributed by atoms with Crippen LogP contribution in [-0.4, -0.2) is 36.6 Å². The lowest BCUT2D eigenvalue weighted by molar-refractivity contribution is -0.137. The van der Waals surface area contributed by atoms with Crippen molar-refractivity contribution in [2.24, 2.45) is 11.8 Å². The number of carbonyl (C=O) groups is 1. The minimum atomic E-state index is -0.00700. The van der Waals surface area contributed by atoms with E-state index in [1.165, 1.54) is 0 Å². The van der Waals surface area contributed by atoms with Gasteiger partial charge in [0.25, 0.3) is 0 Å². The number of nitrogens with zero attached hydrogens (tertiary/aromatic N) is 2. The Hall–Kier alpha value is -1.08. The van der Waals surface area contributed by atoms with Gasteiger partial charge < -0.3 is 9.64 Å². The van der Waals surface area contributed by atoms with Gasteiger partial charge in [0.2, 0.25) is 5.91 Å². The fourth-order valence-corrected chi connectivity index (χ4v) is 2.48. The minimum Gasteiger partial charge on any atom is -0.377 e. The molecule has 0 spiro atoms. The summed E-state index contributed by atoms with van der Waals surface area (Å²) in [5.41, 5.74) is 0. The van der Waals surface area contributed by atoms with Gasteiger partial charge in [-0.05, 0) is 18.8 Å². The Morgan fingerprint density at radius 2 is 2.28 bits per heavy atom. The maximum Gasteiger partial charge on any atom is 0.228 e. The first-order valence-electron chi connectivity index (χ1n) is 6.87. The number of rotatable bonds is 6. The van der Waals surface area contributed by atoms with Crippen molar-refractivity contribution < 1.29 is 9.53 Å². The summed E-state index contributed by atoms with van der Waals surface area (Å²) >= 11 is 0. The van der Waals surface area contributed by atoms with E-state index in [2.05, 4.69) is 26.8 Å². The zero-order valence-corrected chi connectivity index (χ0v) is 11.7. The number of hydrogen-bond acceptors (Lipinski definition) is 3. The molecule has 0 aromatic rings. The fourth-order valence-electron chi connectivity index (χ4n) is 2.48. The molecule has 0 bridgehead atoms. The molecule has 1 heterocycles. The van der Waals surface area contributed by atoms with Crippen molar-refractivity contribution in [2.45, 2.75) is 46.1 Å². The Kier molecular flexibility index (Phi) is 6.14. The van der Waals surface area contributed by atoms with Gasteiger partial charge in [-0.25, -0.2) is 0 Å². The van der Waals surface area contributed by atoms with Crippen molar-refractivity contribution in [2.75, 3.05) is 19.7 Å². The van der Waals surface area contributed by atoms with Gasteiger partial charge in [-0.3, -0.25) is 4.79 Å². The third-order valence-electron chi connectivity index (χ3n) is 3.32. The summed E-state index contributed by atoms with van der Waals surface area (Å²) in [4.78, 5) is 14.3. The highest BCUT2D eigenvalue weighted by Gasteiger charge is 2.35. The molecule has 2 unspecified atom stereocenters. The van der Waals surface area contributed by atoms with Gasteiger partial charge in [0.1, 0.15) is 0 Å². The van der Waals surface area contributed by atoms with Gasteiger partial charge in [-0.15, -0.1) is 0 Å². The molecule has 1 saturated heterocycles. The van der Waals surface area contributed by atoms with Crippen LogP contribution in [0.2, 0.25) is 0 Å². The monoisotopic (exact) mass is 252 g/mol. The van der Waals surface area contributed by atoms with Crippen LogP contribution in [0.1, 0.15) is 40.0 Å². The molecule has 4 nitrogen and oxygen atoms in total. The van der Waals surface area contributed by atoms with Crippen LogP contribution in [0.3, 0.4) is 0 Å². The molecule has 0 N–H and O–H groups in total. The van der Waals surface area contributed by atoms with E-state index in [-0.39, 0.29) is 17.9 Å². The summed E-state index contributed by atoms with van der Waals surface area (Å²) in [6.07, 6.45) is 2.17. The Bertz CT molecular complexity index is 309. The van der Waals surface area contributed by atoms with Crippen LogP contribution < -0.4 is 0 Å². The van der Waals surface area contributed by atoms with Crippen LogP contribution in [0.5, 0.6) is 0 Å². The van der Waals surface area contributed by atoms with Gasteiger partial charge in [-0.2, -0.15) is 5.26 Å². The first kappa shape index (κ1) is 15.0. The van der Waals surface area contributed by atoms with Crippen LogP contribution in [0.4, 0.5) is 0 Å². The molecule has 1 aliphatic rings. The number of nitriles is 1. The second-order valence-electron chi connectivity index (χ2n) is 5.30. The SMILES string of the molecule is CCC1OCCC1C(=O)N(CCC#N)CC(C)C. The van der Waals surface area contributed by atoms with E-state index >= 15 is 0 Å². The Morgan fingerprint density at radius 3 is 2.83 bits per heavy atom. The van der Waals surface area contributed by atoms with Crippen molar-refractivity contribution in [3.63, 3.8) is 0 Å². The van der Waals surface area contributed by atoms with Gasteiger partial charge in [-0.1, -0.05) is 20.8 Å². The van der Waals surface area contributed by atoms with Gasteiger partial charge in [0.15, 0.2) is 0 Å². The lowest BCUT2D eigenvalue weighted by atomic mass is 9.97. The molecule has 4 heteroatoms. The van der Waals surface area contributed by atoms with E-state index < -0.39 is 0 Å². The lowest BCUT2D eigenvalue weighted by Gasteiger charge is -2.28. The van der Waals surface area contributed by atoms with Crippen molar-refractivity contribution >= 4 is 5.91 Å². The largest absolute Gasteiger partial charge is 0.377 e. The summed E-state index contributed by atoms with van der Waals surface area (Å²) in [6.45, 7) is 8.19. The highest BCUT2D eigenvalue weighted by molar-refractivity contribution is 5.79. The zero-order chi connectivity index (χ0) is 13.5. The summed E-state index contributed by atoms with van der Waals surface area (Å²) in [6, 6.07) is 2.12. The molecule has 0 aromatic heterocycles. The van der Waals surface area contributed by atoms with Crippen LogP contribution in [-0.2, 0) is 9.53 Å². The Balaban J connectivity index is 2.65. The number of ether oxygens (including phenoxy) is 1. The van der Waals surface area contributed by atoms with Gasteiger partial charge in [0.05, 0.1) is 24.5 Å². The molecule has 102 valence electrons. The van der Waals surface area contributed by atoms with Crippen LogP contribution in [0.25, 0.3) is 0 Å². The maximum absolute atomic E-state index is 12.5. The van der Waals surface area contributed by atoms with E-state index in [4.69, 9.17) is 10.00 Å². The quantitative estimate of drug-likeness (QED) is 0.728.